The first-order chi connectivity index (χ1) is 9.17. The number of amides is 1. The summed E-state index contributed by atoms with van der Waals surface area (Å²) in [5.41, 5.74) is -1.26. The SMILES string of the molecule is CC(C)(C)c1nsc(NC(=O)C23CC(C(=O)O)(C2)C3)n1. The van der Waals surface area contributed by atoms with Gasteiger partial charge in [-0.05, 0) is 19.3 Å². The maximum Gasteiger partial charge on any atom is 0.309 e. The van der Waals surface area contributed by atoms with Gasteiger partial charge in [-0.3, -0.25) is 9.59 Å². The molecule has 0 aromatic carbocycles. The highest BCUT2D eigenvalue weighted by molar-refractivity contribution is 7.09. The van der Waals surface area contributed by atoms with Crippen molar-refractivity contribution in [2.24, 2.45) is 10.8 Å². The molecule has 0 unspecified atom stereocenters. The van der Waals surface area contributed by atoms with Gasteiger partial charge in [0.2, 0.25) is 11.0 Å². The molecule has 1 aromatic heterocycles. The minimum atomic E-state index is -0.780. The second-order valence-corrected chi connectivity index (χ2v) is 7.78. The van der Waals surface area contributed by atoms with Crippen molar-refractivity contribution in [1.82, 2.24) is 9.36 Å². The zero-order valence-electron chi connectivity index (χ0n) is 11.7. The van der Waals surface area contributed by atoms with Gasteiger partial charge in [0.1, 0.15) is 5.82 Å². The first kappa shape index (κ1) is 13.5. The Bertz CT molecular complexity index is 582. The van der Waals surface area contributed by atoms with Crippen molar-refractivity contribution < 1.29 is 14.7 Å². The number of carbonyl (C=O) groups is 2. The molecule has 3 aliphatic carbocycles. The Labute approximate surface area is 120 Å². The molecule has 20 heavy (non-hydrogen) atoms. The van der Waals surface area contributed by atoms with Crippen molar-refractivity contribution in [2.75, 3.05) is 5.32 Å². The van der Waals surface area contributed by atoms with Crippen LogP contribution in [0.15, 0.2) is 0 Å². The second-order valence-electron chi connectivity index (χ2n) is 7.02. The van der Waals surface area contributed by atoms with Gasteiger partial charge < -0.3 is 10.4 Å². The highest BCUT2D eigenvalue weighted by atomic mass is 32.1. The van der Waals surface area contributed by atoms with Crippen LogP contribution in [0.2, 0.25) is 0 Å². The van der Waals surface area contributed by atoms with Crippen molar-refractivity contribution in [3.8, 4) is 0 Å². The molecule has 0 saturated heterocycles. The number of carboxylic acids is 1. The van der Waals surface area contributed by atoms with Gasteiger partial charge in [0.05, 0.1) is 10.8 Å². The van der Waals surface area contributed by atoms with E-state index < -0.39 is 16.8 Å². The Morgan fingerprint density at radius 2 is 1.85 bits per heavy atom. The maximum atomic E-state index is 12.2. The molecule has 0 atom stereocenters. The average molecular weight is 295 g/mol. The minimum Gasteiger partial charge on any atom is -0.481 e. The van der Waals surface area contributed by atoms with Gasteiger partial charge >= 0.3 is 5.97 Å². The molecule has 3 fully saturated rings. The van der Waals surface area contributed by atoms with Crippen molar-refractivity contribution in [2.45, 2.75) is 45.4 Å². The Kier molecular flexibility index (Phi) is 2.55. The Morgan fingerprint density at radius 1 is 1.25 bits per heavy atom. The molecule has 7 heteroatoms. The van der Waals surface area contributed by atoms with Crippen molar-refractivity contribution in [3.05, 3.63) is 5.82 Å². The predicted octanol–water partition coefficient (Wildman–Crippen LogP) is 2.03. The standard InChI is InChI=1S/C13H17N3O3S/c1-11(2,3)7-14-10(20-16-7)15-8(17)12-4-13(5-12,6-12)9(18)19/h4-6H2,1-3H3,(H,18,19)(H,14,15,16,17). The molecule has 4 rings (SSSR count). The van der Waals surface area contributed by atoms with Crippen molar-refractivity contribution in [1.29, 1.82) is 0 Å². The number of carbonyl (C=O) groups excluding carboxylic acids is 1. The molecule has 3 aliphatic rings. The maximum absolute atomic E-state index is 12.2. The minimum absolute atomic E-state index is 0.114. The molecule has 2 N–H and O–H groups in total. The van der Waals surface area contributed by atoms with Crippen LogP contribution < -0.4 is 5.32 Å². The first-order valence-electron chi connectivity index (χ1n) is 6.56. The summed E-state index contributed by atoms with van der Waals surface area (Å²) in [6.07, 6.45) is 1.35. The molecule has 1 heterocycles. The van der Waals surface area contributed by atoms with Gasteiger partial charge in [-0.2, -0.15) is 4.37 Å². The number of carboxylic acid groups (broad SMARTS) is 1. The molecule has 1 amide bonds. The zero-order valence-corrected chi connectivity index (χ0v) is 12.5. The molecule has 0 spiro atoms. The summed E-state index contributed by atoms with van der Waals surface area (Å²) in [6, 6.07) is 0. The Balaban J connectivity index is 1.64. The summed E-state index contributed by atoms with van der Waals surface area (Å²) in [5, 5.41) is 12.3. The van der Waals surface area contributed by atoms with Gasteiger partial charge in [0.25, 0.3) is 0 Å². The summed E-state index contributed by atoms with van der Waals surface area (Å²) < 4.78 is 4.24. The lowest BCUT2D eigenvalue weighted by molar-refractivity contribution is -0.217. The highest BCUT2D eigenvalue weighted by Gasteiger charge is 2.75. The number of hydrogen-bond acceptors (Lipinski definition) is 5. The van der Waals surface area contributed by atoms with Crippen LogP contribution in [0, 0.1) is 10.8 Å². The van der Waals surface area contributed by atoms with Crippen LogP contribution in [0.25, 0.3) is 0 Å². The van der Waals surface area contributed by atoms with Gasteiger partial charge in [0.15, 0.2) is 0 Å². The number of nitrogens with one attached hydrogen (secondary N) is 1. The summed E-state index contributed by atoms with van der Waals surface area (Å²) in [5.74, 6) is -0.187. The van der Waals surface area contributed by atoms with E-state index in [1.165, 1.54) is 11.5 Å². The highest BCUT2D eigenvalue weighted by Crippen LogP contribution is 2.73. The number of anilines is 1. The lowest BCUT2D eigenvalue weighted by Crippen LogP contribution is -2.69. The summed E-state index contributed by atoms with van der Waals surface area (Å²) >= 11 is 1.17. The molecule has 6 nitrogen and oxygen atoms in total. The summed E-state index contributed by atoms with van der Waals surface area (Å²) in [4.78, 5) is 27.6. The van der Waals surface area contributed by atoms with Gasteiger partial charge in [-0.1, -0.05) is 20.8 Å². The van der Waals surface area contributed by atoms with E-state index in [-0.39, 0.29) is 11.3 Å². The smallest absolute Gasteiger partial charge is 0.309 e. The normalized spacial score (nSPS) is 31.1. The Morgan fingerprint density at radius 3 is 2.30 bits per heavy atom. The first-order valence-corrected chi connectivity index (χ1v) is 7.33. The van der Waals surface area contributed by atoms with Crippen LogP contribution in [-0.2, 0) is 15.0 Å². The third-order valence-electron chi connectivity index (χ3n) is 4.28. The van der Waals surface area contributed by atoms with Gasteiger partial charge in [-0.25, -0.2) is 4.98 Å². The molecular formula is C13H17N3O3S. The number of rotatable bonds is 3. The monoisotopic (exact) mass is 295 g/mol. The third-order valence-corrected chi connectivity index (χ3v) is 4.91. The average Bonchev–Trinajstić information content (AvgIpc) is 2.59. The van der Waals surface area contributed by atoms with Crippen LogP contribution in [0.1, 0.15) is 45.9 Å². The van der Waals surface area contributed by atoms with E-state index in [1.807, 2.05) is 20.8 Å². The fourth-order valence-electron chi connectivity index (χ4n) is 3.06. The van der Waals surface area contributed by atoms with E-state index in [0.29, 0.717) is 30.2 Å². The van der Waals surface area contributed by atoms with Crippen LogP contribution in [0.4, 0.5) is 5.13 Å². The lowest BCUT2D eigenvalue weighted by Gasteiger charge is -2.66. The summed E-state index contributed by atoms with van der Waals surface area (Å²) in [6.45, 7) is 6.04. The van der Waals surface area contributed by atoms with Crippen LogP contribution in [0.5, 0.6) is 0 Å². The van der Waals surface area contributed by atoms with E-state index in [1.54, 1.807) is 0 Å². The van der Waals surface area contributed by atoms with E-state index in [0.717, 1.165) is 0 Å². The quantitative estimate of drug-likeness (QED) is 0.890. The number of aromatic nitrogens is 2. The number of aliphatic carboxylic acids is 1. The predicted molar refractivity (Wildman–Crippen MR) is 73.6 cm³/mol. The molecule has 0 aliphatic heterocycles. The molecule has 2 bridgehead atoms. The van der Waals surface area contributed by atoms with Crippen LogP contribution in [0.3, 0.4) is 0 Å². The van der Waals surface area contributed by atoms with Crippen molar-refractivity contribution in [3.63, 3.8) is 0 Å². The van der Waals surface area contributed by atoms with Gasteiger partial charge in [0, 0.05) is 16.9 Å². The molecule has 108 valence electrons. The van der Waals surface area contributed by atoms with E-state index in [2.05, 4.69) is 14.7 Å². The Hall–Kier alpha value is -1.50. The molecule has 0 radical (unpaired) electrons. The zero-order chi connectivity index (χ0) is 14.8. The van der Waals surface area contributed by atoms with E-state index in [9.17, 15) is 9.59 Å². The molecule has 3 saturated carbocycles. The van der Waals surface area contributed by atoms with Crippen LogP contribution in [-0.4, -0.2) is 26.3 Å². The molecular weight excluding hydrogens is 278 g/mol. The molecule has 1 aromatic rings. The topological polar surface area (TPSA) is 92.2 Å². The third kappa shape index (κ3) is 1.76. The second kappa shape index (κ2) is 3.78. The number of nitrogens with zero attached hydrogens (tertiary/aromatic N) is 2. The summed E-state index contributed by atoms with van der Waals surface area (Å²) in [7, 11) is 0. The number of hydrogen-bond donors (Lipinski definition) is 2. The fourth-order valence-corrected chi connectivity index (χ4v) is 3.82. The largest absolute Gasteiger partial charge is 0.481 e. The van der Waals surface area contributed by atoms with E-state index in [4.69, 9.17) is 5.11 Å². The van der Waals surface area contributed by atoms with Crippen molar-refractivity contribution >= 4 is 28.5 Å². The van der Waals surface area contributed by atoms with Crippen LogP contribution >= 0.6 is 11.5 Å². The lowest BCUT2D eigenvalue weighted by atomic mass is 9.35. The van der Waals surface area contributed by atoms with Gasteiger partial charge in [-0.15, -0.1) is 0 Å². The van der Waals surface area contributed by atoms with E-state index >= 15 is 0 Å². The fraction of sp³-hybridized carbons (Fsp3) is 0.692.